The van der Waals surface area contributed by atoms with Crippen LogP contribution in [0.3, 0.4) is 0 Å². The minimum atomic E-state index is -3.15. The number of carbonyl (C=O) groups excluding carboxylic acids is 1. The number of sulfone groups is 1. The molecule has 7 heteroatoms. The molecule has 1 N–H and O–H groups in total. The van der Waals surface area contributed by atoms with E-state index in [1.165, 1.54) is 7.11 Å². The molecule has 0 radical (unpaired) electrons. The van der Waals surface area contributed by atoms with Gasteiger partial charge in [0.2, 0.25) is 0 Å². The van der Waals surface area contributed by atoms with E-state index < -0.39 is 15.9 Å². The lowest BCUT2D eigenvalue weighted by molar-refractivity contribution is -0.147. The van der Waals surface area contributed by atoms with Crippen LogP contribution in [0.5, 0.6) is 0 Å². The smallest absolute Gasteiger partial charge is 0.309 e. The molecule has 0 aliphatic carbocycles. The Kier molecular flexibility index (Phi) is 3.93. The average Bonchev–Trinajstić information content (AvgIpc) is 2.62. The third-order valence-corrected chi connectivity index (χ3v) is 5.45. The van der Waals surface area contributed by atoms with Crippen LogP contribution in [-0.4, -0.2) is 68.2 Å². The molecule has 0 spiro atoms. The second kappa shape index (κ2) is 5.14. The Balaban J connectivity index is 2.03. The highest BCUT2D eigenvalue weighted by Gasteiger charge is 2.42. The zero-order chi connectivity index (χ0) is 13.3. The van der Waals surface area contributed by atoms with E-state index >= 15 is 0 Å². The molecule has 0 aromatic carbocycles. The van der Waals surface area contributed by atoms with Crippen LogP contribution in [0.15, 0.2) is 0 Å². The molecule has 0 aromatic heterocycles. The van der Waals surface area contributed by atoms with Gasteiger partial charge in [-0.2, -0.15) is 0 Å². The summed E-state index contributed by atoms with van der Waals surface area (Å²) in [6, 6.07) is -0.373. The molecule has 2 rings (SSSR count). The summed E-state index contributed by atoms with van der Waals surface area (Å²) in [5.41, 5.74) is 0. The van der Waals surface area contributed by atoms with Gasteiger partial charge in [0.1, 0.15) is 0 Å². The highest BCUT2D eigenvalue weighted by molar-refractivity contribution is 7.91. The predicted octanol–water partition coefficient (Wildman–Crippen LogP) is -0.971. The fourth-order valence-corrected chi connectivity index (χ4v) is 4.66. The van der Waals surface area contributed by atoms with Gasteiger partial charge < -0.3 is 9.84 Å². The summed E-state index contributed by atoms with van der Waals surface area (Å²) in [5.74, 6) is -0.645. The fourth-order valence-electron chi connectivity index (χ4n) is 2.83. The highest BCUT2D eigenvalue weighted by Crippen LogP contribution is 2.25. The molecule has 0 amide bonds. The lowest BCUT2D eigenvalue weighted by atomic mass is 9.96. The van der Waals surface area contributed by atoms with E-state index in [9.17, 15) is 18.3 Å². The molecule has 2 fully saturated rings. The molecule has 3 atom stereocenters. The van der Waals surface area contributed by atoms with Crippen molar-refractivity contribution in [2.75, 3.05) is 31.7 Å². The fraction of sp³-hybridized carbons (Fsp3) is 0.909. The number of hydrogen-bond donors (Lipinski definition) is 1. The molecule has 2 aliphatic rings. The molecule has 104 valence electrons. The zero-order valence-corrected chi connectivity index (χ0v) is 11.2. The Morgan fingerprint density at radius 1 is 1.39 bits per heavy atom. The molecule has 0 bridgehead atoms. The standard InChI is InChI=1S/C11H19NO5S/c1-17-11(14)8-3-2-4-12(5-8)9-6-18(15,16)7-10(9)13/h8-10,13H,2-7H2,1H3/t8-,9?,10?/m0/s1. The first-order valence-electron chi connectivity index (χ1n) is 6.13. The summed E-state index contributed by atoms with van der Waals surface area (Å²) in [6.07, 6.45) is 0.744. The maximum atomic E-state index is 11.5. The van der Waals surface area contributed by atoms with Crippen molar-refractivity contribution in [3.8, 4) is 0 Å². The van der Waals surface area contributed by atoms with Crippen LogP contribution >= 0.6 is 0 Å². The normalized spacial score (nSPS) is 36.4. The Bertz CT molecular complexity index is 421. The van der Waals surface area contributed by atoms with Gasteiger partial charge in [0.05, 0.1) is 36.7 Å². The van der Waals surface area contributed by atoms with Gasteiger partial charge in [-0.05, 0) is 19.4 Å². The van der Waals surface area contributed by atoms with E-state index in [0.717, 1.165) is 19.4 Å². The third kappa shape index (κ3) is 2.84. The van der Waals surface area contributed by atoms with Crippen molar-refractivity contribution in [2.45, 2.75) is 25.0 Å². The molecule has 2 heterocycles. The van der Waals surface area contributed by atoms with Crippen LogP contribution < -0.4 is 0 Å². The predicted molar refractivity (Wildman–Crippen MR) is 64.8 cm³/mol. The summed E-state index contributed by atoms with van der Waals surface area (Å²) >= 11 is 0. The summed E-state index contributed by atoms with van der Waals surface area (Å²) in [4.78, 5) is 13.4. The molecule has 2 aliphatic heterocycles. The zero-order valence-electron chi connectivity index (χ0n) is 10.4. The summed E-state index contributed by atoms with van der Waals surface area (Å²) < 4.78 is 27.7. The van der Waals surface area contributed by atoms with Crippen LogP contribution in [0.1, 0.15) is 12.8 Å². The summed E-state index contributed by atoms with van der Waals surface area (Å²) in [6.45, 7) is 1.20. The van der Waals surface area contributed by atoms with Gasteiger partial charge >= 0.3 is 5.97 Å². The largest absolute Gasteiger partial charge is 0.469 e. The van der Waals surface area contributed by atoms with Crippen molar-refractivity contribution in [1.29, 1.82) is 0 Å². The minimum absolute atomic E-state index is 0.0118. The second-order valence-corrected chi connectivity index (χ2v) is 7.22. The molecular weight excluding hydrogens is 258 g/mol. The number of nitrogens with zero attached hydrogens (tertiary/aromatic N) is 1. The topological polar surface area (TPSA) is 83.9 Å². The first kappa shape index (κ1) is 13.8. The molecule has 0 saturated carbocycles. The first-order chi connectivity index (χ1) is 8.43. The van der Waals surface area contributed by atoms with Crippen molar-refractivity contribution >= 4 is 15.8 Å². The van der Waals surface area contributed by atoms with E-state index in [-0.39, 0.29) is 29.4 Å². The van der Waals surface area contributed by atoms with Crippen molar-refractivity contribution < 1.29 is 23.1 Å². The summed E-state index contributed by atoms with van der Waals surface area (Å²) in [7, 11) is -1.79. The van der Waals surface area contributed by atoms with Crippen molar-refractivity contribution in [2.24, 2.45) is 5.92 Å². The number of ether oxygens (including phenoxy) is 1. The molecule has 2 unspecified atom stereocenters. The van der Waals surface area contributed by atoms with Crippen LogP contribution in [0.4, 0.5) is 0 Å². The van der Waals surface area contributed by atoms with Gasteiger partial charge in [0, 0.05) is 6.54 Å². The van der Waals surface area contributed by atoms with Gasteiger partial charge in [-0.25, -0.2) is 8.42 Å². The number of esters is 1. The maximum Gasteiger partial charge on any atom is 0.309 e. The Labute approximate surface area is 107 Å². The first-order valence-corrected chi connectivity index (χ1v) is 7.95. The SMILES string of the molecule is COC(=O)[C@H]1CCCN(C2CS(=O)(=O)CC2O)C1. The van der Waals surface area contributed by atoms with Gasteiger partial charge in [0.25, 0.3) is 0 Å². The van der Waals surface area contributed by atoms with E-state index in [1.807, 2.05) is 4.90 Å². The van der Waals surface area contributed by atoms with E-state index in [0.29, 0.717) is 6.54 Å². The average molecular weight is 277 g/mol. The van der Waals surface area contributed by atoms with Crippen molar-refractivity contribution in [3.63, 3.8) is 0 Å². The Hall–Kier alpha value is -0.660. The molecule has 6 nitrogen and oxygen atoms in total. The number of piperidine rings is 1. The highest BCUT2D eigenvalue weighted by atomic mass is 32.2. The quantitative estimate of drug-likeness (QED) is 0.654. The number of aliphatic hydroxyl groups is 1. The van der Waals surface area contributed by atoms with E-state index in [2.05, 4.69) is 0 Å². The Morgan fingerprint density at radius 3 is 2.67 bits per heavy atom. The van der Waals surface area contributed by atoms with Crippen molar-refractivity contribution in [1.82, 2.24) is 4.90 Å². The molecule has 2 saturated heterocycles. The number of rotatable bonds is 2. The number of likely N-dealkylation sites (tertiary alicyclic amines) is 1. The van der Waals surface area contributed by atoms with Crippen LogP contribution in [-0.2, 0) is 19.4 Å². The van der Waals surface area contributed by atoms with Crippen LogP contribution in [0.25, 0.3) is 0 Å². The number of carbonyl (C=O) groups is 1. The third-order valence-electron chi connectivity index (χ3n) is 3.75. The lowest BCUT2D eigenvalue weighted by Gasteiger charge is -2.36. The number of hydrogen-bond acceptors (Lipinski definition) is 6. The minimum Gasteiger partial charge on any atom is -0.469 e. The number of methoxy groups -OCH3 is 1. The molecular formula is C11H19NO5S. The number of aliphatic hydroxyl groups excluding tert-OH is 1. The second-order valence-electron chi connectivity index (χ2n) is 5.07. The molecule has 0 aromatic rings. The van der Waals surface area contributed by atoms with Crippen molar-refractivity contribution in [3.05, 3.63) is 0 Å². The van der Waals surface area contributed by atoms with E-state index in [1.54, 1.807) is 0 Å². The lowest BCUT2D eigenvalue weighted by Crippen LogP contribution is -2.49. The van der Waals surface area contributed by atoms with Crippen LogP contribution in [0.2, 0.25) is 0 Å². The molecule has 18 heavy (non-hydrogen) atoms. The van der Waals surface area contributed by atoms with Crippen LogP contribution in [0, 0.1) is 5.92 Å². The van der Waals surface area contributed by atoms with Gasteiger partial charge in [-0.15, -0.1) is 0 Å². The monoisotopic (exact) mass is 277 g/mol. The maximum absolute atomic E-state index is 11.5. The van der Waals surface area contributed by atoms with Gasteiger partial charge in [-0.1, -0.05) is 0 Å². The summed E-state index contributed by atoms with van der Waals surface area (Å²) in [5, 5.41) is 9.82. The van der Waals surface area contributed by atoms with E-state index in [4.69, 9.17) is 4.74 Å². The Morgan fingerprint density at radius 2 is 2.11 bits per heavy atom. The van der Waals surface area contributed by atoms with Gasteiger partial charge in [-0.3, -0.25) is 9.69 Å². The van der Waals surface area contributed by atoms with Gasteiger partial charge in [0.15, 0.2) is 9.84 Å².